The third kappa shape index (κ3) is 7.49. The number of aliphatic hydroxyl groups excluding tert-OH is 10. The molecule has 10 N–H and O–H groups in total. The molecule has 0 amide bonds. The van der Waals surface area contributed by atoms with Gasteiger partial charge in [-0.05, 0) is 79.9 Å². The van der Waals surface area contributed by atoms with E-state index < -0.39 is 118 Å². The SMILES string of the molecule is C[C@H]1O[C@@H](O[C@H]2CC[C@]3(C)C4=C(CC[C@@H]3C2)C2=CC=C(C3=CC(=O)OC3O)[C@@]2(C)CC4)[C@H](O)[C@@H](O)[C@H]1O[C@@H]1O[C@H](CO[C@@H]2O[C@H](CO)[C@@H](O)[C@H](O)[C@H]2O)[C@@H](O)[C@H](O)[C@H]1O. The van der Waals surface area contributed by atoms with Gasteiger partial charge in [0, 0.05) is 17.1 Å². The summed E-state index contributed by atoms with van der Waals surface area (Å²) in [6, 6.07) is 0. The second kappa shape index (κ2) is 16.5. The molecule has 1 saturated carbocycles. The minimum Gasteiger partial charge on any atom is -0.428 e. The van der Waals surface area contributed by atoms with E-state index >= 15 is 0 Å². The summed E-state index contributed by atoms with van der Waals surface area (Å²) in [5, 5.41) is 105. The van der Waals surface area contributed by atoms with E-state index in [0.717, 1.165) is 44.1 Å². The topological polar surface area (TPSA) is 284 Å². The lowest BCUT2D eigenvalue weighted by molar-refractivity contribution is -0.365. The fraction of sp³-hybridized carbons (Fsp3) is 0.780. The van der Waals surface area contributed by atoms with Gasteiger partial charge in [0.1, 0.15) is 67.1 Å². The molecule has 0 spiro atoms. The van der Waals surface area contributed by atoms with Crippen LogP contribution in [0.2, 0.25) is 0 Å². The molecule has 59 heavy (non-hydrogen) atoms. The quantitative estimate of drug-likeness (QED) is 0.115. The van der Waals surface area contributed by atoms with Crippen LogP contribution in [0.15, 0.2) is 46.1 Å². The van der Waals surface area contributed by atoms with Crippen LogP contribution in [-0.4, -0.2) is 175 Å². The summed E-state index contributed by atoms with van der Waals surface area (Å²) in [6.45, 7) is 4.84. The Kier molecular flexibility index (Phi) is 12.1. The lowest BCUT2D eigenvalue weighted by Crippen LogP contribution is -2.64. The Labute approximate surface area is 340 Å². The fourth-order valence-corrected chi connectivity index (χ4v) is 10.9. The lowest BCUT2D eigenvalue weighted by atomic mass is 9.52. The Morgan fingerprint density at radius 1 is 0.729 bits per heavy atom. The van der Waals surface area contributed by atoms with E-state index in [4.69, 9.17) is 33.2 Å². The predicted octanol–water partition coefficient (Wildman–Crippen LogP) is -1.79. The number of carbonyl (C=O) groups excluding carboxylic acids is 1. The zero-order valence-electron chi connectivity index (χ0n) is 33.2. The summed E-state index contributed by atoms with van der Waals surface area (Å²) < 4.78 is 39.9. The number of hydrogen-bond acceptors (Lipinski definition) is 18. The highest BCUT2D eigenvalue weighted by molar-refractivity contribution is 5.87. The Hall–Kier alpha value is -2.21. The van der Waals surface area contributed by atoms with Crippen molar-refractivity contribution in [2.24, 2.45) is 16.7 Å². The number of cyclic esters (lactones) is 1. The molecule has 0 bridgehead atoms. The van der Waals surface area contributed by atoms with Crippen molar-refractivity contribution in [3.63, 3.8) is 0 Å². The van der Waals surface area contributed by atoms with Gasteiger partial charge in [0.25, 0.3) is 0 Å². The number of esters is 1. The van der Waals surface area contributed by atoms with Gasteiger partial charge in [0.2, 0.25) is 6.29 Å². The molecule has 18 nitrogen and oxygen atoms in total. The van der Waals surface area contributed by atoms with Crippen molar-refractivity contribution in [1.29, 1.82) is 0 Å². The molecule has 0 radical (unpaired) electrons. The number of allylic oxidation sites excluding steroid dienone is 5. The number of rotatable bonds is 9. The molecule has 4 aliphatic carbocycles. The van der Waals surface area contributed by atoms with Crippen molar-refractivity contribution in [2.75, 3.05) is 13.2 Å². The van der Waals surface area contributed by atoms with Crippen LogP contribution in [0.3, 0.4) is 0 Å². The van der Waals surface area contributed by atoms with E-state index in [-0.39, 0.29) is 16.9 Å². The highest BCUT2D eigenvalue weighted by Crippen LogP contribution is 2.63. The summed E-state index contributed by atoms with van der Waals surface area (Å²) in [6.07, 6.45) is -13.0. The van der Waals surface area contributed by atoms with Gasteiger partial charge in [-0.1, -0.05) is 31.6 Å². The van der Waals surface area contributed by atoms with Crippen LogP contribution in [0.25, 0.3) is 0 Å². The molecule has 330 valence electrons. The molecule has 4 fully saturated rings. The second-order valence-corrected chi connectivity index (χ2v) is 17.9. The van der Waals surface area contributed by atoms with Crippen molar-refractivity contribution < 1.29 is 89.0 Å². The molecule has 18 heteroatoms. The number of ether oxygens (including phenoxy) is 7. The summed E-state index contributed by atoms with van der Waals surface area (Å²) in [7, 11) is 0. The molecular formula is C41H58O18. The molecule has 8 aliphatic rings. The van der Waals surface area contributed by atoms with E-state index in [1.165, 1.54) is 22.8 Å². The average molecular weight is 839 g/mol. The molecule has 1 unspecified atom stereocenters. The number of carbonyl (C=O) groups is 1. The molecule has 4 aliphatic heterocycles. The van der Waals surface area contributed by atoms with Crippen LogP contribution in [0.1, 0.15) is 65.7 Å². The van der Waals surface area contributed by atoms with Gasteiger partial charge in [-0.3, -0.25) is 0 Å². The number of hydrogen-bond donors (Lipinski definition) is 10. The zero-order chi connectivity index (χ0) is 42.3. The van der Waals surface area contributed by atoms with E-state index in [9.17, 15) is 55.9 Å². The second-order valence-electron chi connectivity index (χ2n) is 17.9. The smallest absolute Gasteiger partial charge is 0.333 e. The van der Waals surface area contributed by atoms with Crippen LogP contribution in [0, 0.1) is 16.7 Å². The summed E-state index contributed by atoms with van der Waals surface area (Å²) >= 11 is 0. The molecule has 0 aromatic heterocycles. The average Bonchev–Trinajstić information content (AvgIpc) is 3.74. The Bertz CT molecular complexity index is 1730. The fourth-order valence-electron chi connectivity index (χ4n) is 10.9. The van der Waals surface area contributed by atoms with E-state index in [2.05, 4.69) is 19.9 Å². The maximum Gasteiger partial charge on any atom is 0.333 e. The maximum atomic E-state index is 11.9. The van der Waals surface area contributed by atoms with Crippen LogP contribution in [0.5, 0.6) is 0 Å². The van der Waals surface area contributed by atoms with Crippen LogP contribution >= 0.6 is 0 Å². The van der Waals surface area contributed by atoms with E-state index in [1.807, 2.05) is 6.08 Å². The Morgan fingerprint density at radius 2 is 1.37 bits per heavy atom. The molecule has 0 aromatic rings. The van der Waals surface area contributed by atoms with E-state index in [1.54, 1.807) is 6.92 Å². The summed E-state index contributed by atoms with van der Waals surface area (Å²) in [4.78, 5) is 11.9. The van der Waals surface area contributed by atoms with Crippen molar-refractivity contribution >= 4 is 5.97 Å². The van der Waals surface area contributed by atoms with Crippen molar-refractivity contribution in [2.45, 2.75) is 170 Å². The minimum atomic E-state index is -1.81. The highest BCUT2D eigenvalue weighted by Gasteiger charge is 2.55. The number of aliphatic hydroxyl groups is 10. The molecule has 0 aromatic carbocycles. The summed E-state index contributed by atoms with van der Waals surface area (Å²) in [5.74, 6) is -0.239. The van der Waals surface area contributed by atoms with Crippen molar-refractivity contribution in [3.8, 4) is 0 Å². The van der Waals surface area contributed by atoms with Gasteiger partial charge < -0.3 is 84.2 Å². The first-order chi connectivity index (χ1) is 28.0. The van der Waals surface area contributed by atoms with Gasteiger partial charge in [-0.25, -0.2) is 4.79 Å². The molecule has 8 rings (SSSR count). The number of fused-ring (bicyclic) bond motifs is 4. The monoisotopic (exact) mass is 838 g/mol. The Morgan fingerprint density at radius 3 is 2.07 bits per heavy atom. The van der Waals surface area contributed by atoms with Gasteiger partial charge in [-0.2, -0.15) is 0 Å². The molecular weight excluding hydrogens is 780 g/mol. The minimum absolute atomic E-state index is 0.0714. The Balaban J connectivity index is 0.870. The third-order valence-corrected chi connectivity index (χ3v) is 14.5. The van der Waals surface area contributed by atoms with Crippen LogP contribution in [0.4, 0.5) is 0 Å². The zero-order valence-corrected chi connectivity index (χ0v) is 33.2. The van der Waals surface area contributed by atoms with Crippen LogP contribution in [-0.2, 0) is 38.0 Å². The normalized spacial score (nSPS) is 50.0. The first-order valence-corrected chi connectivity index (χ1v) is 20.7. The molecule has 20 atom stereocenters. The lowest BCUT2D eigenvalue weighted by Gasteiger charge is -2.54. The van der Waals surface area contributed by atoms with Gasteiger partial charge in [-0.15, -0.1) is 0 Å². The first kappa shape index (κ1) is 43.4. The predicted molar refractivity (Wildman–Crippen MR) is 198 cm³/mol. The maximum absolute atomic E-state index is 11.9. The third-order valence-electron chi connectivity index (χ3n) is 14.5. The van der Waals surface area contributed by atoms with E-state index in [0.29, 0.717) is 17.9 Å². The van der Waals surface area contributed by atoms with Crippen molar-refractivity contribution in [3.05, 3.63) is 46.1 Å². The highest BCUT2D eigenvalue weighted by atomic mass is 16.8. The largest absolute Gasteiger partial charge is 0.428 e. The van der Waals surface area contributed by atoms with Crippen LogP contribution < -0.4 is 0 Å². The molecule has 4 heterocycles. The standard InChI is InChI=1S/C41H58O18/c1-16-35(59-39-33(50)30(47)28(45)25(57-39)15-53-37-32(49)29(46)27(44)24(14-42)56-37)31(48)34(51)38(54-16)55-18-8-10-40(2)17(12-18)4-5-19-21-6-7-22(20-13-26(43)58-36(20)52)41(21,3)11-9-23(19)40/h6-7,13,16-18,24-25,27-39,42,44-52H,4-5,8-12,14-15H2,1-3H3/t16-,17-,18+,24-,25-,27-,28-,29+,30+,31-,32-,33-,34-,35+,36?,37-,38+,39+,40+,41+/m1/s1. The van der Waals surface area contributed by atoms with Gasteiger partial charge >= 0.3 is 5.97 Å². The molecule has 3 saturated heterocycles. The first-order valence-electron chi connectivity index (χ1n) is 20.7. The van der Waals surface area contributed by atoms with Gasteiger partial charge in [0.15, 0.2) is 18.9 Å². The van der Waals surface area contributed by atoms with Crippen molar-refractivity contribution in [1.82, 2.24) is 0 Å². The van der Waals surface area contributed by atoms with Gasteiger partial charge in [0.05, 0.1) is 25.4 Å². The summed E-state index contributed by atoms with van der Waals surface area (Å²) in [5.41, 5.74) is 5.11.